The van der Waals surface area contributed by atoms with Gasteiger partial charge in [-0.2, -0.15) is 0 Å². The molecule has 0 spiro atoms. The molecule has 0 aliphatic carbocycles. The number of esters is 1. The van der Waals surface area contributed by atoms with E-state index in [4.69, 9.17) is 9.26 Å². The summed E-state index contributed by atoms with van der Waals surface area (Å²) in [7, 11) is 0. The number of hydrogen-bond donors (Lipinski definition) is 2. The Bertz CT molecular complexity index is 843. The molecular weight excluding hydrogens is 350 g/mol. The van der Waals surface area contributed by atoms with Gasteiger partial charge in [-0.1, -0.05) is 22.9 Å². The van der Waals surface area contributed by atoms with Gasteiger partial charge in [0.05, 0.1) is 12.2 Å². The number of anilines is 1. The highest BCUT2D eigenvalue weighted by Gasteiger charge is 2.20. The Morgan fingerprint density at radius 2 is 1.67 bits per heavy atom. The summed E-state index contributed by atoms with van der Waals surface area (Å²) in [6, 6.07) is 3.94. The smallest absolute Gasteiger partial charge is 0.344 e. The predicted octanol–water partition coefficient (Wildman–Crippen LogP) is 2.13. The number of carbonyl (C=O) groups excluding carboxylic acids is 3. The molecule has 8 heteroatoms. The van der Waals surface area contributed by atoms with Crippen molar-refractivity contribution in [3.05, 3.63) is 45.8 Å². The van der Waals surface area contributed by atoms with Crippen molar-refractivity contribution in [1.82, 2.24) is 10.5 Å². The van der Waals surface area contributed by atoms with E-state index in [0.717, 1.165) is 22.4 Å². The summed E-state index contributed by atoms with van der Waals surface area (Å²) in [5, 5.41) is 8.85. The Kier molecular flexibility index (Phi) is 6.33. The van der Waals surface area contributed by atoms with Crippen LogP contribution in [0.2, 0.25) is 0 Å². The van der Waals surface area contributed by atoms with E-state index in [0.29, 0.717) is 11.5 Å². The molecule has 0 fully saturated rings. The number of hydrogen-bond acceptors (Lipinski definition) is 6. The van der Waals surface area contributed by atoms with Gasteiger partial charge in [-0.15, -0.1) is 0 Å². The lowest BCUT2D eigenvalue weighted by atomic mass is 10.1. The first-order valence-electron chi connectivity index (χ1n) is 8.43. The molecule has 144 valence electrons. The molecule has 1 heterocycles. The first-order valence-corrected chi connectivity index (χ1v) is 8.43. The molecule has 1 aromatic carbocycles. The van der Waals surface area contributed by atoms with Crippen LogP contribution in [0.5, 0.6) is 0 Å². The van der Waals surface area contributed by atoms with Crippen LogP contribution in [-0.4, -0.2) is 36.1 Å². The monoisotopic (exact) mass is 373 g/mol. The van der Waals surface area contributed by atoms with Gasteiger partial charge in [0.25, 0.3) is 5.91 Å². The van der Waals surface area contributed by atoms with Gasteiger partial charge in [-0.3, -0.25) is 9.59 Å². The van der Waals surface area contributed by atoms with Gasteiger partial charge in [0.2, 0.25) is 5.91 Å². The van der Waals surface area contributed by atoms with Crippen molar-refractivity contribution in [2.45, 2.75) is 34.6 Å². The number of aromatic nitrogens is 1. The third kappa shape index (κ3) is 5.16. The van der Waals surface area contributed by atoms with Crippen LogP contribution in [0.1, 0.15) is 38.5 Å². The van der Waals surface area contributed by atoms with Gasteiger partial charge in [-0.25, -0.2) is 4.79 Å². The molecule has 1 aromatic heterocycles. The molecule has 2 amide bonds. The fraction of sp³-hybridized carbons (Fsp3) is 0.368. The summed E-state index contributed by atoms with van der Waals surface area (Å²) in [6.07, 6.45) is 0. The zero-order valence-corrected chi connectivity index (χ0v) is 16.1. The van der Waals surface area contributed by atoms with E-state index in [1.807, 2.05) is 32.9 Å². The number of nitrogens with zero attached hydrogens (tertiary/aromatic N) is 1. The van der Waals surface area contributed by atoms with E-state index in [1.165, 1.54) is 0 Å². The Labute approximate surface area is 157 Å². The van der Waals surface area contributed by atoms with Crippen molar-refractivity contribution >= 4 is 23.5 Å². The molecule has 0 unspecified atom stereocenters. The molecule has 0 aliphatic rings. The fourth-order valence-electron chi connectivity index (χ4n) is 2.77. The number of ether oxygens (including phenoxy) is 1. The lowest BCUT2D eigenvalue weighted by Crippen LogP contribution is -2.35. The largest absolute Gasteiger partial charge is 0.452 e. The van der Waals surface area contributed by atoms with Crippen LogP contribution in [0, 0.1) is 34.6 Å². The normalized spacial score (nSPS) is 10.4. The highest BCUT2D eigenvalue weighted by Crippen LogP contribution is 2.21. The minimum absolute atomic E-state index is 0.200. The Balaban J connectivity index is 1.82. The van der Waals surface area contributed by atoms with Crippen LogP contribution in [0.4, 0.5) is 5.69 Å². The van der Waals surface area contributed by atoms with E-state index in [1.54, 1.807) is 13.8 Å². The molecule has 0 bridgehead atoms. The fourth-order valence-corrected chi connectivity index (χ4v) is 2.77. The van der Waals surface area contributed by atoms with E-state index >= 15 is 0 Å². The maximum atomic E-state index is 12.1. The number of carbonyl (C=O) groups is 3. The minimum Gasteiger partial charge on any atom is -0.452 e. The van der Waals surface area contributed by atoms with Gasteiger partial charge in [-0.05, 0) is 45.7 Å². The SMILES string of the molecule is Cc1cc(C)c(NC(=O)CNC(=O)COC(=O)c2c(C)noc2C)c(C)c1. The molecular formula is C19H23N3O5. The van der Waals surface area contributed by atoms with Crippen LogP contribution >= 0.6 is 0 Å². The van der Waals surface area contributed by atoms with E-state index < -0.39 is 18.5 Å². The van der Waals surface area contributed by atoms with Crippen molar-refractivity contribution in [3.63, 3.8) is 0 Å². The molecule has 0 saturated heterocycles. The Hall–Kier alpha value is -3.16. The lowest BCUT2D eigenvalue weighted by molar-refractivity contribution is -0.126. The summed E-state index contributed by atoms with van der Waals surface area (Å²) in [5.74, 6) is -1.32. The van der Waals surface area contributed by atoms with Crippen molar-refractivity contribution in [1.29, 1.82) is 0 Å². The third-order valence-corrected chi connectivity index (χ3v) is 3.96. The van der Waals surface area contributed by atoms with Crippen LogP contribution in [0.25, 0.3) is 0 Å². The summed E-state index contributed by atoms with van der Waals surface area (Å²) in [6.45, 7) is 8.25. The van der Waals surface area contributed by atoms with Crippen LogP contribution < -0.4 is 10.6 Å². The van der Waals surface area contributed by atoms with E-state index in [-0.39, 0.29) is 18.0 Å². The average Bonchev–Trinajstić information content (AvgIpc) is 2.92. The first kappa shape index (κ1) is 20.2. The van der Waals surface area contributed by atoms with Gasteiger partial charge < -0.3 is 19.9 Å². The molecule has 0 radical (unpaired) electrons. The van der Waals surface area contributed by atoms with Gasteiger partial charge >= 0.3 is 5.97 Å². The zero-order chi connectivity index (χ0) is 20.1. The molecule has 27 heavy (non-hydrogen) atoms. The molecule has 8 nitrogen and oxygen atoms in total. The van der Waals surface area contributed by atoms with Crippen molar-refractivity contribution < 1.29 is 23.6 Å². The third-order valence-electron chi connectivity index (χ3n) is 3.96. The number of amides is 2. The van der Waals surface area contributed by atoms with Crippen molar-refractivity contribution in [2.24, 2.45) is 0 Å². The Morgan fingerprint density at radius 3 is 2.22 bits per heavy atom. The molecule has 0 atom stereocenters. The molecule has 2 aromatic rings. The average molecular weight is 373 g/mol. The van der Waals surface area contributed by atoms with Crippen LogP contribution in [0.15, 0.2) is 16.7 Å². The van der Waals surface area contributed by atoms with Crippen molar-refractivity contribution in [3.8, 4) is 0 Å². The quantitative estimate of drug-likeness (QED) is 0.751. The minimum atomic E-state index is -0.697. The standard InChI is InChI=1S/C19H23N3O5/c1-10-6-11(2)18(12(3)7-10)21-15(23)8-20-16(24)9-26-19(25)17-13(4)22-27-14(17)5/h6-7H,8-9H2,1-5H3,(H,20,24)(H,21,23). The van der Waals surface area contributed by atoms with E-state index in [2.05, 4.69) is 15.8 Å². The summed E-state index contributed by atoms with van der Waals surface area (Å²) in [4.78, 5) is 35.8. The second kappa shape index (κ2) is 8.48. The van der Waals surface area contributed by atoms with Crippen LogP contribution in [0.3, 0.4) is 0 Å². The maximum Gasteiger partial charge on any atom is 0.344 e. The number of nitrogens with one attached hydrogen (secondary N) is 2. The summed E-state index contributed by atoms with van der Waals surface area (Å²) < 4.78 is 9.81. The second-order valence-corrected chi connectivity index (χ2v) is 6.37. The van der Waals surface area contributed by atoms with Crippen LogP contribution in [-0.2, 0) is 14.3 Å². The van der Waals surface area contributed by atoms with Gasteiger partial charge in [0.1, 0.15) is 11.3 Å². The first-order chi connectivity index (χ1) is 12.7. The molecule has 2 N–H and O–H groups in total. The highest BCUT2D eigenvalue weighted by atomic mass is 16.5. The molecule has 2 rings (SSSR count). The summed E-state index contributed by atoms with van der Waals surface area (Å²) >= 11 is 0. The van der Waals surface area contributed by atoms with Crippen molar-refractivity contribution in [2.75, 3.05) is 18.5 Å². The van der Waals surface area contributed by atoms with Gasteiger partial charge in [0.15, 0.2) is 6.61 Å². The molecule has 0 saturated carbocycles. The summed E-state index contributed by atoms with van der Waals surface area (Å²) in [5.41, 5.74) is 4.31. The molecule has 0 aliphatic heterocycles. The topological polar surface area (TPSA) is 111 Å². The predicted molar refractivity (Wildman–Crippen MR) is 98.6 cm³/mol. The second-order valence-electron chi connectivity index (χ2n) is 6.37. The Morgan fingerprint density at radius 1 is 1.04 bits per heavy atom. The van der Waals surface area contributed by atoms with E-state index in [9.17, 15) is 14.4 Å². The number of rotatable bonds is 6. The lowest BCUT2D eigenvalue weighted by Gasteiger charge is -2.13. The number of benzene rings is 1. The number of aryl methyl sites for hydroxylation is 5. The highest BCUT2D eigenvalue weighted by molar-refractivity contribution is 5.96. The zero-order valence-electron chi connectivity index (χ0n) is 16.1. The maximum absolute atomic E-state index is 12.1. The van der Waals surface area contributed by atoms with Gasteiger partial charge in [0, 0.05) is 5.69 Å².